The first-order valence-electron chi connectivity index (χ1n) is 6.83. The predicted molar refractivity (Wildman–Crippen MR) is 87.2 cm³/mol. The molecule has 7 nitrogen and oxygen atoms in total. The lowest BCUT2D eigenvalue weighted by Gasteiger charge is -2.12. The summed E-state index contributed by atoms with van der Waals surface area (Å²) in [5.74, 6) is 0.932. The van der Waals surface area contributed by atoms with E-state index in [0.29, 0.717) is 13.0 Å². The van der Waals surface area contributed by atoms with Gasteiger partial charge in [0.2, 0.25) is 0 Å². The minimum atomic E-state index is -0.527. The maximum Gasteiger partial charge on any atom is 0.312 e. The summed E-state index contributed by atoms with van der Waals surface area (Å²) in [6.07, 6.45) is 3.83. The van der Waals surface area contributed by atoms with Gasteiger partial charge in [-0.25, -0.2) is 4.79 Å². The van der Waals surface area contributed by atoms with Gasteiger partial charge in [-0.15, -0.1) is 0 Å². The van der Waals surface area contributed by atoms with E-state index in [-0.39, 0.29) is 30.6 Å². The van der Waals surface area contributed by atoms with Gasteiger partial charge in [0, 0.05) is 49.6 Å². The van der Waals surface area contributed by atoms with Crippen molar-refractivity contribution in [2.75, 3.05) is 24.6 Å². The Labute approximate surface area is 136 Å². The number of amides is 4. The van der Waals surface area contributed by atoms with Crippen LogP contribution in [0.1, 0.15) is 19.3 Å². The zero-order valence-corrected chi connectivity index (χ0v) is 13.7. The molecule has 0 saturated heterocycles. The summed E-state index contributed by atoms with van der Waals surface area (Å²) in [7, 11) is 3.25. The highest BCUT2D eigenvalue weighted by Crippen LogP contribution is 2.21. The quantitative estimate of drug-likeness (QED) is 0.324. The number of nitrogens with two attached hydrogens (primary N) is 1. The Bertz CT molecular complexity index is 450. The molecule has 0 aromatic rings. The van der Waals surface area contributed by atoms with Crippen LogP contribution in [0.4, 0.5) is 4.79 Å². The van der Waals surface area contributed by atoms with Crippen molar-refractivity contribution in [2.45, 2.75) is 19.3 Å². The van der Waals surface area contributed by atoms with Gasteiger partial charge in [0.05, 0.1) is 0 Å². The third kappa shape index (κ3) is 7.51. The molecule has 0 aliphatic carbocycles. The van der Waals surface area contributed by atoms with E-state index in [1.54, 1.807) is 21.6 Å². The number of urea groups is 1. The van der Waals surface area contributed by atoms with Crippen LogP contribution in [-0.2, 0) is 14.4 Å². The number of hydrogen-bond acceptors (Lipinski definition) is 6. The highest BCUT2D eigenvalue weighted by atomic mass is 33.1. The molecule has 0 spiro atoms. The minimum Gasteiger partial charge on any atom is -0.352 e. The maximum absolute atomic E-state index is 11.7. The fourth-order valence-electron chi connectivity index (χ4n) is 1.68. The van der Waals surface area contributed by atoms with E-state index in [4.69, 9.17) is 5.73 Å². The first-order chi connectivity index (χ1) is 10.5. The summed E-state index contributed by atoms with van der Waals surface area (Å²) in [6, 6.07) is -0.527. The van der Waals surface area contributed by atoms with Crippen molar-refractivity contribution in [3.63, 3.8) is 0 Å². The molecule has 0 fully saturated rings. The lowest BCUT2D eigenvalue weighted by Crippen LogP contribution is -2.32. The van der Waals surface area contributed by atoms with Crippen LogP contribution in [0.3, 0.4) is 0 Å². The normalized spacial score (nSPS) is 13.7. The number of primary amides is 1. The van der Waals surface area contributed by atoms with Gasteiger partial charge < -0.3 is 11.1 Å². The molecule has 9 heteroatoms. The van der Waals surface area contributed by atoms with E-state index in [9.17, 15) is 19.2 Å². The van der Waals surface area contributed by atoms with Crippen LogP contribution in [0, 0.1) is 0 Å². The number of Topliss-reactive ketones (excluding diaryl/α,β-unsaturated/α-hetero) is 1. The molecule has 3 N–H and O–H groups in total. The Kier molecular flexibility index (Phi) is 8.68. The molecule has 0 aromatic heterocycles. The summed E-state index contributed by atoms with van der Waals surface area (Å²) in [5.41, 5.74) is 4.93. The lowest BCUT2D eigenvalue weighted by molar-refractivity contribution is -0.137. The van der Waals surface area contributed by atoms with Crippen molar-refractivity contribution in [1.29, 1.82) is 0 Å². The molecule has 0 atom stereocenters. The molecule has 0 saturated carbocycles. The van der Waals surface area contributed by atoms with E-state index in [1.807, 2.05) is 0 Å². The van der Waals surface area contributed by atoms with Gasteiger partial charge in [-0.2, -0.15) is 0 Å². The second-order valence-electron chi connectivity index (χ2n) is 4.49. The number of ketones is 1. The predicted octanol–water partition coefficient (Wildman–Crippen LogP) is 0.700. The molecule has 4 amide bonds. The summed E-state index contributed by atoms with van der Waals surface area (Å²) in [4.78, 5) is 45.8. The number of carbonyl (C=O) groups excluding carboxylic acids is 4. The summed E-state index contributed by atoms with van der Waals surface area (Å²) in [5, 5.41) is 2.49. The van der Waals surface area contributed by atoms with Gasteiger partial charge in [0.25, 0.3) is 11.8 Å². The molecule has 22 heavy (non-hydrogen) atoms. The molecule has 1 rings (SSSR count). The number of rotatable bonds is 11. The summed E-state index contributed by atoms with van der Waals surface area (Å²) < 4.78 is 0. The Morgan fingerprint density at radius 2 is 1.73 bits per heavy atom. The van der Waals surface area contributed by atoms with Crippen LogP contribution in [0.5, 0.6) is 0 Å². The molecular formula is C13H19N3O4S2. The van der Waals surface area contributed by atoms with Crippen molar-refractivity contribution < 1.29 is 19.2 Å². The van der Waals surface area contributed by atoms with Crippen molar-refractivity contribution in [3.05, 3.63) is 12.2 Å². The van der Waals surface area contributed by atoms with Gasteiger partial charge in [0.1, 0.15) is 5.78 Å². The summed E-state index contributed by atoms with van der Waals surface area (Å²) >= 11 is 0. The van der Waals surface area contributed by atoms with Crippen LogP contribution in [-0.4, -0.2) is 53.1 Å². The number of imide groups is 1. The zero-order valence-electron chi connectivity index (χ0n) is 12.1. The fraction of sp³-hybridized carbons (Fsp3) is 0.538. The van der Waals surface area contributed by atoms with Gasteiger partial charge in [-0.1, -0.05) is 21.6 Å². The van der Waals surface area contributed by atoms with E-state index < -0.39 is 6.03 Å². The fourth-order valence-corrected chi connectivity index (χ4v) is 3.67. The van der Waals surface area contributed by atoms with Crippen LogP contribution in [0.15, 0.2) is 12.2 Å². The first kappa shape index (κ1) is 18.6. The molecule has 0 radical (unpaired) electrons. The Balaban J connectivity index is 1.97. The Hall–Kier alpha value is -1.48. The minimum absolute atomic E-state index is 0.0495. The van der Waals surface area contributed by atoms with E-state index in [0.717, 1.165) is 22.8 Å². The number of nitrogens with one attached hydrogen (secondary N) is 1. The van der Waals surface area contributed by atoms with E-state index >= 15 is 0 Å². The lowest BCUT2D eigenvalue weighted by atomic mass is 10.2. The number of nitrogens with zero attached hydrogens (tertiary/aromatic N) is 1. The summed E-state index contributed by atoms with van der Waals surface area (Å²) in [6.45, 7) is 0.683. The van der Waals surface area contributed by atoms with Gasteiger partial charge in [-0.05, 0) is 6.42 Å². The molecule has 1 aliphatic heterocycles. The molecular weight excluding hydrogens is 326 g/mol. The van der Waals surface area contributed by atoms with Crippen molar-refractivity contribution in [1.82, 2.24) is 10.2 Å². The first-order valence-corrected chi connectivity index (χ1v) is 9.32. The SMILES string of the molecule is NC(=O)NCCSSCCCC(=O)CCN1C(=O)C=CC1=O. The average Bonchev–Trinajstić information content (AvgIpc) is 2.78. The van der Waals surface area contributed by atoms with Gasteiger partial charge in [-0.3, -0.25) is 19.3 Å². The maximum atomic E-state index is 11.7. The van der Waals surface area contributed by atoms with Crippen LogP contribution in [0.2, 0.25) is 0 Å². The molecule has 0 bridgehead atoms. The second kappa shape index (κ2) is 10.3. The highest BCUT2D eigenvalue weighted by Gasteiger charge is 2.23. The van der Waals surface area contributed by atoms with Crippen LogP contribution in [0.25, 0.3) is 0 Å². The Morgan fingerprint density at radius 1 is 1.09 bits per heavy atom. The van der Waals surface area contributed by atoms with Crippen molar-refractivity contribution >= 4 is 45.2 Å². The topological polar surface area (TPSA) is 110 Å². The molecule has 1 heterocycles. The van der Waals surface area contributed by atoms with Gasteiger partial charge >= 0.3 is 6.03 Å². The Morgan fingerprint density at radius 3 is 2.36 bits per heavy atom. The average molecular weight is 345 g/mol. The second-order valence-corrected chi connectivity index (χ2v) is 7.19. The van der Waals surface area contributed by atoms with Crippen molar-refractivity contribution in [2.24, 2.45) is 5.73 Å². The smallest absolute Gasteiger partial charge is 0.312 e. The molecule has 1 aliphatic rings. The third-order valence-electron chi connectivity index (χ3n) is 2.77. The van der Waals surface area contributed by atoms with E-state index in [1.165, 1.54) is 12.2 Å². The monoisotopic (exact) mass is 345 g/mol. The van der Waals surface area contributed by atoms with Gasteiger partial charge in [0.15, 0.2) is 0 Å². The van der Waals surface area contributed by atoms with Crippen molar-refractivity contribution in [3.8, 4) is 0 Å². The van der Waals surface area contributed by atoms with Crippen LogP contribution < -0.4 is 11.1 Å². The number of carbonyl (C=O) groups is 4. The van der Waals surface area contributed by atoms with E-state index in [2.05, 4.69) is 5.32 Å². The van der Waals surface area contributed by atoms with Crippen LogP contribution >= 0.6 is 21.6 Å². The zero-order chi connectivity index (χ0) is 16.4. The largest absolute Gasteiger partial charge is 0.352 e. The third-order valence-corrected chi connectivity index (χ3v) is 5.26. The molecule has 0 aromatic carbocycles. The molecule has 0 unspecified atom stereocenters. The molecule has 122 valence electrons. The highest BCUT2D eigenvalue weighted by molar-refractivity contribution is 8.76. The standard InChI is InChI=1S/C13H19N3O4S2/c14-13(20)15-6-9-22-21-8-1-2-10(17)5-7-16-11(18)3-4-12(16)19/h3-4H,1-2,5-9H2,(H3,14,15,20). The number of hydrogen-bond donors (Lipinski definition) is 2.